The fourth-order valence-corrected chi connectivity index (χ4v) is 2.88. The van der Waals surface area contributed by atoms with Gasteiger partial charge in [0, 0.05) is 7.05 Å². The molecule has 0 aliphatic heterocycles. The monoisotopic (exact) mass is 432 g/mol. The summed E-state index contributed by atoms with van der Waals surface area (Å²) in [6.07, 6.45) is 1.16. The first-order valence-electron chi connectivity index (χ1n) is 9.54. The van der Waals surface area contributed by atoms with Crippen LogP contribution in [0.4, 0.5) is 5.82 Å². The molecule has 2 aromatic rings. The Morgan fingerprint density at radius 2 is 1.68 bits per heavy atom. The van der Waals surface area contributed by atoms with E-state index in [-0.39, 0.29) is 19.8 Å². The summed E-state index contributed by atoms with van der Waals surface area (Å²) in [7, 11) is 1.16. The van der Waals surface area contributed by atoms with Gasteiger partial charge in [0.2, 0.25) is 11.2 Å². The molecule has 0 spiro atoms. The van der Waals surface area contributed by atoms with Crippen LogP contribution in [-0.2, 0) is 25.6 Å². The number of amides is 1. The summed E-state index contributed by atoms with van der Waals surface area (Å²) in [6, 6.07) is 8.91. The number of carbonyl (C=O) groups is 3. The lowest BCUT2D eigenvalue weighted by Gasteiger charge is -2.33. The number of esters is 2. The minimum absolute atomic E-state index is 0.0400. The zero-order valence-corrected chi connectivity index (χ0v) is 17.7. The summed E-state index contributed by atoms with van der Waals surface area (Å²) in [6.45, 7) is 4.27. The zero-order chi connectivity index (χ0) is 23.2. The summed E-state index contributed by atoms with van der Waals surface area (Å²) in [5.74, 6) is -3.59. The Labute approximate surface area is 178 Å². The lowest BCUT2D eigenvalue weighted by molar-refractivity contribution is -0.392. The molecule has 0 fully saturated rings. The first-order valence-corrected chi connectivity index (χ1v) is 9.54. The van der Waals surface area contributed by atoms with Crippen molar-refractivity contribution < 1.29 is 28.8 Å². The Morgan fingerprint density at radius 3 is 2.16 bits per heavy atom. The molecule has 0 radical (unpaired) electrons. The van der Waals surface area contributed by atoms with Crippen LogP contribution in [0.5, 0.6) is 0 Å². The SMILES string of the molecule is CCOC(=O)C(C)(C(=O)OCC)N(C)C(=O)c1ncn(Cc2ccccc2)c1[N+](=O)[O-]. The molecule has 1 aromatic heterocycles. The molecule has 0 aliphatic carbocycles. The van der Waals surface area contributed by atoms with Gasteiger partial charge in [-0.2, -0.15) is 0 Å². The van der Waals surface area contributed by atoms with E-state index < -0.39 is 39.8 Å². The van der Waals surface area contributed by atoms with Gasteiger partial charge in [-0.05, 0) is 31.3 Å². The molecular formula is C20H24N4O7. The van der Waals surface area contributed by atoms with Crippen molar-refractivity contribution in [3.8, 4) is 0 Å². The highest BCUT2D eigenvalue weighted by Crippen LogP contribution is 2.25. The van der Waals surface area contributed by atoms with Crippen LogP contribution in [0.3, 0.4) is 0 Å². The molecule has 1 heterocycles. The van der Waals surface area contributed by atoms with E-state index in [1.165, 1.54) is 4.57 Å². The van der Waals surface area contributed by atoms with E-state index in [1.54, 1.807) is 44.2 Å². The molecule has 1 aromatic carbocycles. The number of hydrogen-bond donors (Lipinski definition) is 0. The number of likely N-dealkylation sites (N-methyl/N-ethyl adjacent to an activating group) is 1. The lowest BCUT2D eigenvalue weighted by Crippen LogP contribution is -2.60. The van der Waals surface area contributed by atoms with Crippen LogP contribution in [0.1, 0.15) is 36.8 Å². The predicted molar refractivity (Wildman–Crippen MR) is 108 cm³/mol. The van der Waals surface area contributed by atoms with Gasteiger partial charge in [0.15, 0.2) is 6.33 Å². The molecule has 11 nitrogen and oxygen atoms in total. The highest BCUT2D eigenvalue weighted by atomic mass is 16.6. The Balaban J connectivity index is 2.46. The van der Waals surface area contributed by atoms with Gasteiger partial charge in [-0.25, -0.2) is 19.1 Å². The fourth-order valence-electron chi connectivity index (χ4n) is 2.88. The van der Waals surface area contributed by atoms with Crippen LogP contribution >= 0.6 is 0 Å². The second kappa shape index (κ2) is 9.83. The van der Waals surface area contributed by atoms with Crippen LogP contribution in [0.2, 0.25) is 0 Å². The number of nitrogens with zero attached hydrogens (tertiary/aromatic N) is 4. The largest absolute Gasteiger partial charge is 0.464 e. The van der Waals surface area contributed by atoms with E-state index >= 15 is 0 Å². The lowest BCUT2D eigenvalue weighted by atomic mass is 10.00. The molecule has 0 unspecified atom stereocenters. The minimum atomic E-state index is -2.15. The van der Waals surface area contributed by atoms with Gasteiger partial charge in [-0.15, -0.1) is 0 Å². The maximum absolute atomic E-state index is 13.1. The van der Waals surface area contributed by atoms with Crippen LogP contribution in [0.15, 0.2) is 36.7 Å². The van der Waals surface area contributed by atoms with Crippen LogP contribution in [-0.4, -0.2) is 63.0 Å². The smallest absolute Gasteiger partial charge is 0.356 e. The second-order valence-corrected chi connectivity index (χ2v) is 6.66. The van der Waals surface area contributed by atoms with Crippen molar-refractivity contribution in [2.75, 3.05) is 20.3 Å². The molecule has 0 saturated carbocycles. The molecule has 11 heteroatoms. The van der Waals surface area contributed by atoms with Gasteiger partial charge in [-0.3, -0.25) is 4.79 Å². The Kier molecular flexibility index (Phi) is 7.46. The predicted octanol–water partition coefficient (Wildman–Crippen LogP) is 1.80. The second-order valence-electron chi connectivity index (χ2n) is 6.66. The van der Waals surface area contributed by atoms with Crippen molar-refractivity contribution in [1.29, 1.82) is 0 Å². The maximum Gasteiger partial charge on any atom is 0.356 e. The molecule has 166 valence electrons. The van der Waals surface area contributed by atoms with E-state index in [0.717, 1.165) is 30.8 Å². The average molecular weight is 432 g/mol. The summed E-state index contributed by atoms with van der Waals surface area (Å²) < 4.78 is 11.1. The standard InChI is InChI=1S/C20H24N4O7/c1-5-30-18(26)20(3,19(27)31-6-2)22(4)17(25)15-16(24(28)29)23(13-21-15)12-14-10-8-7-9-11-14/h7-11,13H,5-6,12H2,1-4H3. The van der Waals surface area contributed by atoms with Crippen molar-refractivity contribution in [1.82, 2.24) is 14.5 Å². The molecular weight excluding hydrogens is 408 g/mol. The molecule has 0 bridgehead atoms. The number of aromatic nitrogens is 2. The third kappa shape index (κ3) is 4.71. The number of benzene rings is 1. The summed E-state index contributed by atoms with van der Waals surface area (Å²) in [5, 5.41) is 11.7. The zero-order valence-electron chi connectivity index (χ0n) is 17.7. The van der Waals surface area contributed by atoms with Crippen LogP contribution < -0.4 is 0 Å². The van der Waals surface area contributed by atoms with Crippen molar-refractivity contribution in [3.05, 3.63) is 58.0 Å². The van der Waals surface area contributed by atoms with E-state index in [0.29, 0.717) is 0 Å². The average Bonchev–Trinajstić information content (AvgIpc) is 3.16. The maximum atomic E-state index is 13.1. The van der Waals surface area contributed by atoms with E-state index in [9.17, 15) is 24.5 Å². The number of hydrogen-bond acceptors (Lipinski definition) is 8. The molecule has 1 amide bonds. The van der Waals surface area contributed by atoms with E-state index in [2.05, 4.69) is 4.98 Å². The number of ether oxygens (including phenoxy) is 2. The highest BCUT2D eigenvalue weighted by molar-refractivity contribution is 6.09. The van der Waals surface area contributed by atoms with Crippen LogP contribution in [0.25, 0.3) is 0 Å². The topological polar surface area (TPSA) is 134 Å². The molecule has 2 rings (SSSR count). The van der Waals surface area contributed by atoms with Crippen molar-refractivity contribution in [3.63, 3.8) is 0 Å². The van der Waals surface area contributed by atoms with Gasteiger partial charge >= 0.3 is 17.8 Å². The molecule has 0 saturated heterocycles. The molecule has 31 heavy (non-hydrogen) atoms. The first-order chi connectivity index (χ1) is 14.7. The number of nitro groups is 1. The third-order valence-electron chi connectivity index (χ3n) is 4.70. The van der Waals surface area contributed by atoms with Gasteiger partial charge in [0.05, 0.1) is 13.2 Å². The van der Waals surface area contributed by atoms with Gasteiger partial charge in [0.1, 0.15) is 6.54 Å². The number of carbonyl (C=O) groups excluding carboxylic acids is 3. The third-order valence-corrected chi connectivity index (χ3v) is 4.70. The number of rotatable bonds is 9. The van der Waals surface area contributed by atoms with Crippen molar-refractivity contribution >= 4 is 23.7 Å². The number of imidazole rings is 1. The highest BCUT2D eigenvalue weighted by Gasteiger charge is 2.51. The van der Waals surface area contributed by atoms with Gasteiger partial charge in [-0.1, -0.05) is 30.3 Å². The van der Waals surface area contributed by atoms with Crippen molar-refractivity contribution in [2.24, 2.45) is 0 Å². The van der Waals surface area contributed by atoms with E-state index in [4.69, 9.17) is 9.47 Å². The molecule has 0 N–H and O–H groups in total. The van der Waals surface area contributed by atoms with Gasteiger partial charge < -0.3 is 24.5 Å². The Hall–Kier alpha value is -3.76. The summed E-state index contributed by atoms with van der Waals surface area (Å²) in [5.41, 5.74) is -1.90. The van der Waals surface area contributed by atoms with Gasteiger partial charge in [0.25, 0.3) is 5.91 Å². The minimum Gasteiger partial charge on any atom is -0.464 e. The van der Waals surface area contributed by atoms with E-state index in [1.807, 2.05) is 0 Å². The molecule has 0 aliphatic rings. The van der Waals surface area contributed by atoms with Crippen molar-refractivity contribution in [2.45, 2.75) is 32.9 Å². The first kappa shape index (κ1) is 23.5. The Morgan fingerprint density at radius 1 is 1.13 bits per heavy atom. The Bertz CT molecular complexity index is 953. The molecule has 0 atom stereocenters. The van der Waals surface area contributed by atoms with Crippen LogP contribution in [0, 0.1) is 10.1 Å². The summed E-state index contributed by atoms with van der Waals surface area (Å²) >= 11 is 0. The fraction of sp³-hybridized carbons (Fsp3) is 0.400. The summed E-state index contributed by atoms with van der Waals surface area (Å²) in [4.78, 5) is 53.9. The normalized spacial score (nSPS) is 11.0. The quantitative estimate of drug-likeness (QED) is 0.253.